The van der Waals surface area contributed by atoms with Gasteiger partial charge in [0.2, 0.25) is 0 Å². The molecule has 5 nitrogen and oxygen atoms in total. The number of esters is 1. The van der Waals surface area contributed by atoms with Crippen molar-refractivity contribution in [2.24, 2.45) is 46.3 Å². The number of amides is 1. The molecule has 0 aliphatic heterocycles. The maximum atomic E-state index is 12.0. The van der Waals surface area contributed by atoms with Crippen molar-refractivity contribution in [3.05, 3.63) is 0 Å². The molecule has 6 rings (SSSR count). The van der Waals surface area contributed by atoms with Gasteiger partial charge in [0.25, 0.3) is 0 Å². The normalized spacial score (nSPS) is 55.6. The fraction of sp³-hybridized carbons (Fsp3) is 0.875. The van der Waals surface area contributed by atoms with E-state index in [0.29, 0.717) is 40.9 Å². The molecule has 0 aromatic carbocycles. The van der Waals surface area contributed by atoms with Gasteiger partial charge in [-0.25, -0.2) is 4.79 Å². The smallest absolute Gasteiger partial charge is 0.407 e. The van der Waals surface area contributed by atoms with Crippen LogP contribution in [-0.4, -0.2) is 31.3 Å². The zero-order valence-corrected chi connectivity index (χ0v) is 12.8. The van der Waals surface area contributed by atoms with Crippen LogP contribution in [0.25, 0.3) is 0 Å². The summed E-state index contributed by atoms with van der Waals surface area (Å²) in [5.41, 5.74) is -0.222. The second-order valence-electron chi connectivity index (χ2n) is 8.55. The average Bonchev–Trinajstić information content (AvgIpc) is 2.42. The van der Waals surface area contributed by atoms with Gasteiger partial charge in [-0.1, -0.05) is 0 Å². The minimum Gasteiger partial charge on any atom is -0.469 e. The molecule has 0 bridgehead atoms. The Balaban J connectivity index is 1.24. The number of hydrogen-bond donors (Lipinski definition) is 1. The van der Waals surface area contributed by atoms with Gasteiger partial charge < -0.3 is 14.8 Å². The van der Waals surface area contributed by atoms with E-state index in [1.54, 1.807) is 0 Å². The molecule has 0 saturated heterocycles. The summed E-state index contributed by atoms with van der Waals surface area (Å²) < 4.78 is 10.3. The van der Waals surface area contributed by atoms with Crippen molar-refractivity contribution in [2.75, 3.05) is 13.7 Å². The summed E-state index contributed by atoms with van der Waals surface area (Å²) in [5.74, 6) is 3.69. The summed E-state index contributed by atoms with van der Waals surface area (Å²) in [4.78, 5) is 23.8. The Bertz CT molecular complexity index is 536. The Morgan fingerprint density at radius 2 is 1.57 bits per heavy atom. The first-order valence-corrected chi connectivity index (χ1v) is 7.87. The average molecular weight is 291 g/mol. The second-order valence-corrected chi connectivity index (χ2v) is 8.55. The van der Waals surface area contributed by atoms with E-state index < -0.39 is 5.60 Å². The molecule has 0 unspecified atom stereocenters. The molecule has 0 aromatic rings. The first-order valence-electron chi connectivity index (χ1n) is 7.87. The van der Waals surface area contributed by atoms with E-state index in [1.807, 2.05) is 20.8 Å². The van der Waals surface area contributed by atoms with Gasteiger partial charge in [0.1, 0.15) is 5.60 Å². The third kappa shape index (κ3) is 0.869. The van der Waals surface area contributed by atoms with Crippen molar-refractivity contribution in [1.29, 1.82) is 0 Å². The van der Waals surface area contributed by atoms with Gasteiger partial charge in [0.05, 0.1) is 12.5 Å². The monoisotopic (exact) mass is 291 g/mol. The third-order valence-electron chi connectivity index (χ3n) is 7.31. The number of hydrogen-bond acceptors (Lipinski definition) is 4. The fourth-order valence-electron chi connectivity index (χ4n) is 7.23. The van der Waals surface area contributed by atoms with E-state index >= 15 is 0 Å². The maximum Gasteiger partial charge on any atom is 0.407 e. The molecule has 0 heterocycles. The minimum absolute atomic E-state index is 0.0275. The van der Waals surface area contributed by atoms with Gasteiger partial charge in [-0.3, -0.25) is 4.79 Å². The largest absolute Gasteiger partial charge is 0.469 e. The summed E-state index contributed by atoms with van der Waals surface area (Å²) in [6, 6.07) is 0. The zero-order valence-electron chi connectivity index (χ0n) is 12.8. The van der Waals surface area contributed by atoms with Gasteiger partial charge in [0.15, 0.2) is 0 Å². The number of carbonyl (C=O) groups is 2. The maximum absolute atomic E-state index is 12.0. The van der Waals surface area contributed by atoms with Crippen molar-refractivity contribution in [1.82, 2.24) is 5.32 Å². The van der Waals surface area contributed by atoms with Crippen LogP contribution in [0.2, 0.25) is 0 Å². The SMILES string of the molecule is COC(=O)C12C3C4C1C1C2C3C41CNC(=O)OC(C)(C)C. The first-order chi connectivity index (χ1) is 9.81. The van der Waals surface area contributed by atoms with Crippen molar-refractivity contribution in [2.45, 2.75) is 26.4 Å². The van der Waals surface area contributed by atoms with Crippen LogP contribution in [0.4, 0.5) is 4.79 Å². The highest BCUT2D eigenvalue weighted by Gasteiger charge is 3.11. The molecule has 114 valence electrons. The van der Waals surface area contributed by atoms with Crippen LogP contribution in [0.3, 0.4) is 0 Å². The molecule has 1 N–H and O–H groups in total. The van der Waals surface area contributed by atoms with E-state index in [-0.39, 0.29) is 17.5 Å². The van der Waals surface area contributed by atoms with Crippen LogP contribution in [0.5, 0.6) is 0 Å². The Labute approximate surface area is 123 Å². The summed E-state index contributed by atoms with van der Waals surface area (Å²) in [6.07, 6.45) is -0.321. The van der Waals surface area contributed by atoms with Crippen LogP contribution in [0.1, 0.15) is 20.8 Å². The minimum atomic E-state index is -0.453. The van der Waals surface area contributed by atoms with E-state index in [0.717, 1.165) is 6.54 Å². The predicted molar refractivity (Wildman–Crippen MR) is 72.1 cm³/mol. The molecule has 6 saturated carbocycles. The number of rotatable bonds is 3. The van der Waals surface area contributed by atoms with E-state index in [9.17, 15) is 9.59 Å². The lowest BCUT2D eigenvalue weighted by Crippen LogP contribution is -3.11. The number of nitrogens with one attached hydrogen (secondary N) is 1. The van der Waals surface area contributed by atoms with Gasteiger partial charge >= 0.3 is 12.1 Å². The topological polar surface area (TPSA) is 64.6 Å². The lowest BCUT2D eigenvalue weighted by molar-refractivity contribution is -0.641. The zero-order chi connectivity index (χ0) is 14.9. The number of carbonyl (C=O) groups excluding carboxylic acids is 2. The summed E-state index contributed by atoms with van der Waals surface area (Å²) >= 11 is 0. The predicted octanol–water partition coefficient (Wildman–Crippen LogP) is 1.42. The summed E-state index contributed by atoms with van der Waals surface area (Å²) in [5, 5.41) is 2.95. The lowest BCUT2D eigenvalue weighted by atomic mass is 8.92. The molecular formula is C16H21NO4. The molecule has 1 amide bonds. The van der Waals surface area contributed by atoms with Crippen LogP contribution in [0.15, 0.2) is 0 Å². The van der Waals surface area contributed by atoms with Crippen molar-refractivity contribution >= 4 is 12.1 Å². The summed E-state index contributed by atoms with van der Waals surface area (Å²) in [7, 11) is 1.50. The van der Waals surface area contributed by atoms with E-state index in [1.165, 1.54) is 7.11 Å². The molecule has 5 heteroatoms. The quantitative estimate of drug-likeness (QED) is 0.799. The molecule has 0 spiro atoms. The van der Waals surface area contributed by atoms with E-state index in [4.69, 9.17) is 9.47 Å². The number of methoxy groups -OCH3 is 1. The van der Waals surface area contributed by atoms with Crippen molar-refractivity contribution in [3.63, 3.8) is 0 Å². The van der Waals surface area contributed by atoms with Gasteiger partial charge in [0, 0.05) is 6.54 Å². The highest BCUT2D eigenvalue weighted by atomic mass is 16.6. The number of alkyl carbamates (subject to hydrolysis) is 1. The van der Waals surface area contributed by atoms with Crippen LogP contribution >= 0.6 is 0 Å². The van der Waals surface area contributed by atoms with Gasteiger partial charge in [-0.05, 0) is 61.7 Å². The van der Waals surface area contributed by atoms with Crippen LogP contribution in [0, 0.1) is 46.3 Å². The molecule has 6 aliphatic rings. The summed E-state index contributed by atoms with van der Waals surface area (Å²) in [6.45, 7) is 6.34. The third-order valence-corrected chi connectivity index (χ3v) is 7.31. The molecular weight excluding hydrogens is 270 g/mol. The number of ether oxygens (including phenoxy) is 2. The first kappa shape index (κ1) is 12.3. The highest BCUT2D eigenvalue weighted by molar-refractivity contribution is 5.88. The Morgan fingerprint density at radius 3 is 2.00 bits per heavy atom. The highest BCUT2D eigenvalue weighted by Crippen LogP contribution is 3.10. The van der Waals surface area contributed by atoms with E-state index in [2.05, 4.69) is 5.32 Å². The van der Waals surface area contributed by atoms with Crippen LogP contribution < -0.4 is 5.32 Å². The Hall–Kier alpha value is -1.26. The Kier molecular flexibility index (Phi) is 1.73. The molecule has 6 aliphatic carbocycles. The molecule has 0 radical (unpaired) electrons. The van der Waals surface area contributed by atoms with Gasteiger partial charge in [-0.2, -0.15) is 0 Å². The fourth-order valence-corrected chi connectivity index (χ4v) is 7.23. The molecule has 6 fully saturated rings. The molecule has 0 atom stereocenters. The van der Waals surface area contributed by atoms with Crippen molar-refractivity contribution < 1.29 is 19.1 Å². The standard InChI is InChI=1S/C16H21NO4/c1-14(2,3)21-13(19)17-5-15-6-9-7(15)11-8(15)10(6)16(9,11)12(18)20-4/h6-11H,5H2,1-4H3,(H,17,19). The van der Waals surface area contributed by atoms with Crippen LogP contribution in [-0.2, 0) is 14.3 Å². The second kappa shape index (κ2) is 2.95. The molecule has 0 aromatic heterocycles. The van der Waals surface area contributed by atoms with Crippen molar-refractivity contribution in [3.8, 4) is 0 Å². The molecule has 21 heavy (non-hydrogen) atoms. The Morgan fingerprint density at radius 1 is 1.05 bits per heavy atom. The lowest BCUT2D eigenvalue weighted by Gasteiger charge is -3.10. The van der Waals surface area contributed by atoms with Gasteiger partial charge in [-0.15, -0.1) is 0 Å².